The molecule has 0 fully saturated rings. The Morgan fingerprint density at radius 3 is 2.14 bits per heavy atom. The molecule has 0 aliphatic heterocycles. The lowest BCUT2D eigenvalue weighted by atomic mass is 10.2. The largest absolute Gasteiger partial charge is 0.593 e. The van der Waals surface area contributed by atoms with Crippen LogP contribution in [-0.4, -0.2) is 33.1 Å². The second kappa shape index (κ2) is 7.87. The molecule has 1 heterocycles. The molecule has 0 saturated heterocycles. The first-order valence-corrected chi connectivity index (χ1v) is 10.9. The molecule has 3 aromatic carbocycles. The summed E-state index contributed by atoms with van der Waals surface area (Å²) < 4.78 is 16.2. The maximum atomic E-state index is 12.3. The highest BCUT2D eigenvalue weighted by atomic mass is 32.2. The molecule has 0 saturated carbocycles. The van der Waals surface area contributed by atoms with E-state index in [2.05, 4.69) is 28.8 Å². The summed E-state index contributed by atoms with van der Waals surface area (Å²) in [6, 6.07) is 24.4. The third-order valence-electron chi connectivity index (χ3n) is 5.05. The van der Waals surface area contributed by atoms with Gasteiger partial charge in [0.25, 0.3) is 0 Å². The van der Waals surface area contributed by atoms with Crippen molar-refractivity contribution in [3.63, 3.8) is 0 Å². The van der Waals surface area contributed by atoms with Crippen LogP contribution in [0.25, 0.3) is 21.8 Å². The second-order valence-corrected chi connectivity index (χ2v) is 8.41. The summed E-state index contributed by atoms with van der Waals surface area (Å²) in [5.41, 5.74) is 4.16. The molecule has 2 unspecified atom stereocenters. The van der Waals surface area contributed by atoms with Gasteiger partial charge in [-0.05, 0) is 36.8 Å². The van der Waals surface area contributed by atoms with Gasteiger partial charge in [-0.2, -0.15) is 4.31 Å². The summed E-state index contributed by atoms with van der Waals surface area (Å²) >= 11 is -1.22. The predicted molar refractivity (Wildman–Crippen MR) is 118 cm³/mol. The molecule has 28 heavy (non-hydrogen) atoms. The number of aliphatic hydroxyl groups is 1. The van der Waals surface area contributed by atoms with Gasteiger partial charge in [-0.25, -0.2) is 0 Å². The normalized spacial score (nSPS) is 13.7. The minimum Gasteiger partial charge on any atom is -0.593 e. The molecule has 4 nitrogen and oxygen atoms in total. The molecule has 1 N–H and O–H groups in total. The number of benzene rings is 3. The topological polar surface area (TPSA) is 51.5 Å². The van der Waals surface area contributed by atoms with E-state index in [0.717, 1.165) is 22.3 Å². The van der Waals surface area contributed by atoms with Gasteiger partial charge in [-0.1, -0.05) is 48.5 Å². The Labute approximate surface area is 168 Å². The van der Waals surface area contributed by atoms with E-state index in [1.165, 1.54) is 10.8 Å². The van der Waals surface area contributed by atoms with E-state index in [1.807, 2.05) is 55.5 Å². The van der Waals surface area contributed by atoms with E-state index in [9.17, 15) is 9.66 Å². The van der Waals surface area contributed by atoms with Crippen LogP contribution in [0.1, 0.15) is 5.56 Å². The van der Waals surface area contributed by atoms with Gasteiger partial charge < -0.3 is 14.2 Å². The fourth-order valence-corrected chi connectivity index (χ4v) is 4.59. The van der Waals surface area contributed by atoms with Gasteiger partial charge in [0.2, 0.25) is 0 Å². The van der Waals surface area contributed by atoms with Crippen LogP contribution < -0.4 is 4.31 Å². The van der Waals surface area contributed by atoms with Crippen molar-refractivity contribution in [2.75, 3.05) is 17.1 Å². The van der Waals surface area contributed by atoms with Gasteiger partial charge in [0.1, 0.15) is 6.26 Å². The Hall–Kier alpha value is -2.47. The van der Waals surface area contributed by atoms with Crippen molar-refractivity contribution in [3.05, 3.63) is 78.4 Å². The average Bonchev–Trinajstić information content (AvgIpc) is 3.00. The molecule has 0 bridgehead atoms. The Balaban J connectivity index is 1.65. The summed E-state index contributed by atoms with van der Waals surface area (Å²) in [5, 5.41) is 13.3. The smallest absolute Gasteiger partial charge is 0.121 e. The second-order valence-electron chi connectivity index (χ2n) is 7.12. The predicted octanol–water partition coefficient (Wildman–Crippen LogP) is 4.26. The summed E-state index contributed by atoms with van der Waals surface area (Å²) in [6.45, 7) is 2.75. The maximum absolute atomic E-state index is 12.3. The van der Waals surface area contributed by atoms with Crippen LogP contribution in [0, 0.1) is 6.92 Å². The number of hydrogen-bond donors (Lipinski definition) is 1. The zero-order chi connectivity index (χ0) is 19.7. The lowest BCUT2D eigenvalue weighted by Crippen LogP contribution is -2.38. The third kappa shape index (κ3) is 3.61. The van der Waals surface area contributed by atoms with Crippen molar-refractivity contribution in [3.8, 4) is 0 Å². The van der Waals surface area contributed by atoms with Gasteiger partial charge in [-0.15, -0.1) is 0 Å². The van der Waals surface area contributed by atoms with Gasteiger partial charge in [-0.3, -0.25) is 0 Å². The highest BCUT2D eigenvalue weighted by molar-refractivity contribution is 7.92. The van der Waals surface area contributed by atoms with Crippen LogP contribution in [0.5, 0.6) is 0 Å². The molecular weight excluding hydrogens is 368 g/mol. The number of fused-ring (bicyclic) bond motifs is 3. The Kier molecular flexibility index (Phi) is 5.31. The molecule has 1 aromatic heterocycles. The third-order valence-corrected chi connectivity index (χ3v) is 6.03. The molecule has 4 rings (SSSR count). The van der Waals surface area contributed by atoms with E-state index in [0.29, 0.717) is 13.1 Å². The first-order chi connectivity index (χ1) is 13.5. The van der Waals surface area contributed by atoms with Crippen molar-refractivity contribution in [1.29, 1.82) is 0 Å². The molecule has 0 amide bonds. The highest BCUT2D eigenvalue weighted by Crippen LogP contribution is 2.29. The van der Waals surface area contributed by atoms with Crippen molar-refractivity contribution in [2.45, 2.75) is 19.6 Å². The van der Waals surface area contributed by atoms with E-state index >= 15 is 0 Å². The Morgan fingerprint density at radius 1 is 0.964 bits per heavy atom. The SMILES string of the molecule is Cc1cccc(N(CC(O)Cn2c3ccccc3c3ccccc32)[S+](C)[O-])c1. The number of anilines is 1. The number of aromatic nitrogens is 1. The van der Waals surface area contributed by atoms with Crippen LogP contribution in [0.4, 0.5) is 5.69 Å². The molecule has 0 spiro atoms. The molecule has 2 atom stereocenters. The van der Waals surface area contributed by atoms with Gasteiger partial charge in [0, 0.05) is 21.8 Å². The highest BCUT2D eigenvalue weighted by Gasteiger charge is 2.22. The van der Waals surface area contributed by atoms with Crippen LogP contribution in [0.15, 0.2) is 72.8 Å². The summed E-state index contributed by atoms with van der Waals surface area (Å²) in [4.78, 5) is 0. The van der Waals surface area contributed by atoms with Crippen molar-refractivity contribution < 1.29 is 9.66 Å². The first kappa shape index (κ1) is 18.9. The van der Waals surface area contributed by atoms with Crippen LogP contribution in [-0.2, 0) is 17.9 Å². The molecule has 0 aliphatic carbocycles. The fourth-order valence-electron chi connectivity index (χ4n) is 3.80. The van der Waals surface area contributed by atoms with Crippen molar-refractivity contribution in [2.24, 2.45) is 0 Å². The number of rotatable bonds is 6. The molecule has 5 heteroatoms. The van der Waals surface area contributed by atoms with E-state index in [4.69, 9.17) is 0 Å². The monoisotopic (exact) mass is 392 g/mol. The molecular formula is C23H24N2O2S. The van der Waals surface area contributed by atoms with E-state index in [1.54, 1.807) is 10.6 Å². The minimum absolute atomic E-state index is 0.299. The quantitative estimate of drug-likeness (QED) is 0.499. The lowest BCUT2D eigenvalue weighted by Gasteiger charge is -2.26. The zero-order valence-electron chi connectivity index (χ0n) is 16.1. The minimum atomic E-state index is -1.22. The molecule has 144 valence electrons. The van der Waals surface area contributed by atoms with E-state index < -0.39 is 17.5 Å². The fraction of sp³-hybridized carbons (Fsp3) is 0.217. The Bertz CT molecular complexity index is 1050. The van der Waals surface area contributed by atoms with Gasteiger partial charge in [0.05, 0.1) is 36.2 Å². The van der Waals surface area contributed by atoms with Crippen LogP contribution >= 0.6 is 0 Å². The van der Waals surface area contributed by atoms with Crippen molar-refractivity contribution >= 4 is 38.9 Å². The summed E-state index contributed by atoms with van der Waals surface area (Å²) in [6.07, 6.45) is 0.985. The Morgan fingerprint density at radius 2 is 1.57 bits per heavy atom. The zero-order valence-corrected chi connectivity index (χ0v) is 16.9. The van der Waals surface area contributed by atoms with Gasteiger partial charge >= 0.3 is 0 Å². The number of nitrogens with zero attached hydrogens (tertiary/aromatic N) is 2. The van der Waals surface area contributed by atoms with Crippen LogP contribution in [0.3, 0.4) is 0 Å². The molecule has 4 aromatic rings. The van der Waals surface area contributed by atoms with Crippen molar-refractivity contribution in [1.82, 2.24) is 4.57 Å². The van der Waals surface area contributed by atoms with E-state index in [-0.39, 0.29) is 0 Å². The molecule has 0 aliphatic rings. The average molecular weight is 393 g/mol. The summed E-state index contributed by atoms with van der Waals surface area (Å²) in [5.74, 6) is 0. The van der Waals surface area contributed by atoms with Crippen LogP contribution in [0.2, 0.25) is 0 Å². The first-order valence-electron chi connectivity index (χ1n) is 9.36. The lowest BCUT2D eigenvalue weighted by molar-refractivity contribution is 0.166. The summed E-state index contributed by atoms with van der Waals surface area (Å²) in [7, 11) is 0. The number of hydrogen-bond acceptors (Lipinski definition) is 3. The standard InChI is InChI=1S/C23H24N2O2S/c1-17-8-7-9-18(14-17)25(28(2)27)16-19(26)15-24-22-12-5-3-10-20(22)21-11-4-6-13-23(21)24/h3-14,19,26H,15-16H2,1-2H3. The number of para-hydroxylation sites is 2. The van der Waals surface area contributed by atoms with Gasteiger partial charge in [0.15, 0.2) is 0 Å². The number of aliphatic hydroxyl groups excluding tert-OH is 1. The molecule has 0 radical (unpaired) electrons. The number of aryl methyl sites for hydroxylation is 1. The maximum Gasteiger partial charge on any atom is 0.121 e.